The summed E-state index contributed by atoms with van der Waals surface area (Å²) >= 11 is 0. The summed E-state index contributed by atoms with van der Waals surface area (Å²) in [6.07, 6.45) is 10.7. The van der Waals surface area contributed by atoms with Crippen LogP contribution >= 0.6 is 0 Å². The van der Waals surface area contributed by atoms with Crippen LogP contribution in [-0.4, -0.2) is 92.4 Å². The molecule has 12 atom stereocenters. The summed E-state index contributed by atoms with van der Waals surface area (Å²) in [6, 6.07) is 0.559. The molecule has 1 N–H and O–H groups in total. The van der Waals surface area contributed by atoms with Crippen LogP contribution in [0.25, 0.3) is 0 Å². The van der Waals surface area contributed by atoms with Crippen molar-refractivity contribution in [2.24, 2.45) is 45.3 Å². The number of aliphatic hydroxyl groups excluding tert-OH is 1. The molecule has 7 fully saturated rings. The van der Waals surface area contributed by atoms with Crippen molar-refractivity contribution in [1.82, 2.24) is 4.90 Å². The van der Waals surface area contributed by atoms with E-state index in [-0.39, 0.29) is 40.7 Å². The number of carbonyl (C=O) groups is 1. The van der Waals surface area contributed by atoms with Crippen LogP contribution in [-0.2, 0) is 23.7 Å². The number of aldehydes is 1. The lowest BCUT2D eigenvalue weighted by molar-refractivity contribution is -0.199. The number of nitrogens with zero attached hydrogens (tertiary/aromatic N) is 1. The van der Waals surface area contributed by atoms with Gasteiger partial charge in [-0.3, -0.25) is 4.90 Å². The van der Waals surface area contributed by atoms with Crippen LogP contribution in [0.4, 0.5) is 0 Å². The highest BCUT2D eigenvalue weighted by molar-refractivity contribution is 5.56. The van der Waals surface area contributed by atoms with Crippen molar-refractivity contribution < 1.29 is 28.8 Å². The first-order chi connectivity index (χ1) is 20.0. The lowest BCUT2D eigenvalue weighted by Gasteiger charge is -2.64. The first-order valence-electron chi connectivity index (χ1n) is 17.4. The average molecular weight is 588 g/mol. The third-order valence-electron chi connectivity index (χ3n) is 14.8. The topological polar surface area (TPSA) is 77.5 Å². The Morgan fingerprint density at radius 2 is 1.88 bits per heavy atom. The summed E-state index contributed by atoms with van der Waals surface area (Å²) < 4.78 is 24.8. The van der Waals surface area contributed by atoms with Crippen LogP contribution < -0.4 is 0 Å². The molecule has 0 aromatic carbocycles. The highest BCUT2D eigenvalue weighted by atomic mass is 16.5. The van der Waals surface area contributed by atoms with E-state index in [1.165, 1.54) is 38.5 Å². The molecule has 238 valence electrons. The van der Waals surface area contributed by atoms with E-state index < -0.39 is 6.10 Å². The molecule has 0 amide bonds. The molecular formula is C35H57NO6. The molecule has 7 rings (SSSR count). The standard InChI is InChI=1S/C35H57NO6/c1-22-15-25(18-37)42-30-29(22)33(4)10-6-11-35-12-9-28(41-21-26-17-36(13-14-40-26)24-19-39-20-24)32(2,3)27(35)8-7-23(16-35)34(33,5)31(30)38/h18,22-31,38H,6-17,19-21H2,1-5H3. The summed E-state index contributed by atoms with van der Waals surface area (Å²) in [5.41, 5.74) is 0.267. The summed E-state index contributed by atoms with van der Waals surface area (Å²) in [7, 11) is 0. The molecule has 4 saturated carbocycles. The van der Waals surface area contributed by atoms with Crippen molar-refractivity contribution in [2.45, 2.75) is 129 Å². The van der Waals surface area contributed by atoms with Gasteiger partial charge in [0.25, 0.3) is 0 Å². The molecule has 0 radical (unpaired) electrons. The molecule has 1 spiro atoms. The molecule has 7 heteroatoms. The van der Waals surface area contributed by atoms with Gasteiger partial charge in [-0.15, -0.1) is 0 Å². The monoisotopic (exact) mass is 587 g/mol. The number of morpholine rings is 1. The highest BCUT2D eigenvalue weighted by Gasteiger charge is 2.71. The Kier molecular flexibility index (Phi) is 7.71. The maximum atomic E-state index is 12.1. The van der Waals surface area contributed by atoms with Crippen LogP contribution in [0, 0.1) is 45.3 Å². The Morgan fingerprint density at radius 3 is 2.62 bits per heavy atom. The number of fused-ring (bicyclic) bond motifs is 5. The van der Waals surface area contributed by atoms with Crippen LogP contribution in [0.5, 0.6) is 0 Å². The number of carbonyl (C=O) groups excluding carboxylic acids is 1. The van der Waals surface area contributed by atoms with Crippen molar-refractivity contribution in [3.05, 3.63) is 0 Å². The van der Waals surface area contributed by atoms with E-state index >= 15 is 0 Å². The molecular weight excluding hydrogens is 530 g/mol. The van der Waals surface area contributed by atoms with Gasteiger partial charge in [-0.1, -0.05) is 41.0 Å². The molecule has 3 saturated heterocycles. The van der Waals surface area contributed by atoms with Crippen LogP contribution in [0.15, 0.2) is 0 Å². The Hall–Kier alpha value is -0.570. The second kappa shape index (κ2) is 10.8. The predicted molar refractivity (Wildman–Crippen MR) is 160 cm³/mol. The third kappa shape index (κ3) is 4.37. The number of rotatable bonds is 5. The zero-order valence-corrected chi connectivity index (χ0v) is 26.9. The van der Waals surface area contributed by atoms with Gasteiger partial charge >= 0.3 is 0 Å². The largest absolute Gasteiger partial charge is 0.390 e. The fraction of sp³-hybridized carbons (Fsp3) is 0.971. The lowest BCUT2D eigenvalue weighted by Crippen LogP contribution is -2.59. The van der Waals surface area contributed by atoms with Crippen molar-refractivity contribution in [3.8, 4) is 0 Å². The van der Waals surface area contributed by atoms with E-state index in [0.29, 0.717) is 41.7 Å². The Balaban J connectivity index is 1.08. The van der Waals surface area contributed by atoms with E-state index in [9.17, 15) is 9.90 Å². The Morgan fingerprint density at radius 1 is 1.07 bits per heavy atom. The number of aliphatic hydroxyl groups is 1. The summed E-state index contributed by atoms with van der Waals surface area (Å²) in [5.74, 6) is 1.82. The molecule has 7 nitrogen and oxygen atoms in total. The molecule has 2 bridgehead atoms. The van der Waals surface area contributed by atoms with Crippen molar-refractivity contribution in [3.63, 3.8) is 0 Å². The normalized spacial score (nSPS) is 52.7. The summed E-state index contributed by atoms with van der Waals surface area (Å²) in [4.78, 5) is 14.3. The SMILES string of the molecule is CC1CC(C=O)OC2C1C1(C)CCCC34CCC(OCC5CN(C6COC6)CCO5)C(C)(C)C3CCC(C4)C1(C)C2O. The zero-order chi connectivity index (χ0) is 29.5. The summed E-state index contributed by atoms with van der Waals surface area (Å²) in [6.45, 7) is 17.3. The van der Waals surface area contributed by atoms with Gasteiger partial charge in [-0.2, -0.15) is 0 Å². The van der Waals surface area contributed by atoms with Crippen molar-refractivity contribution in [2.75, 3.05) is 39.5 Å². The Bertz CT molecular complexity index is 1020. The van der Waals surface area contributed by atoms with Gasteiger partial charge in [0.15, 0.2) is 0 Å². The molecule has 3 aliphatic heterocycles. The van der Waals surface area contributed by atoms with Gasteiger partial charge in [0, 0.05) is 18.5 Å². The van der Waals surface area contributed by atoms with Gasteiger partial charge in [-0.25, -0.2) is 0 Å². The van der Waals surface area contributed by atoms with Crippen molar-refractivity contribution in [1.29, 1.82) is 0 Å². The molecule has 7 aliphatic rings. The lowest BCUT2D eigenvalue weighted by atomic mass is 9.41. The first-order valence-corrected chi connectivity index (χ1v) is 17.4. The van der Waals surface area contributed by atoms with Crippen LogP contribution in [0.2, 0.25) is 0 Å². The van der Waals surface area contributed by atoms with E-state index in [0.717, 1.165) is 58.5 Å². The minimum absolute atomic E-state index is 0.0266. The van der Waals surface area contributed by atoms with Crippen molar-refractivity contribution >= 4 is 6.29 Å². The first kappa shape index (κ1) is 30.1. The minimum atomic E-state index is -0.511. The fourth-order valence-electron chi connectivity index (χ4n) is 12.4. The second-order valence-electron chi connectivity index (χ2n) is 16.8. The number of ether oxygens (including phenoxy) is 4. The second-order valence-corrected chi connectivity index (χ2v) is 16.8. The van der Waals surface area contributed by atoms with Gasteiger partial charge in [0.2, 0.25) is 0 Å². The Labute approximate surface area is 253 Å². The van der Waals surface area contributed by atoms with Gasteiger partial charge < -0.3 is 28.8 Å². The van der Waals surface area contributed by atoms with E-state index in [4.69, 9.17) is 18.9 Å². The predicted octanol–water partition coefficient (Wildman–Crippen LogP) is 4.87. The fourth-order valence-corrected chi connectivity index (χ4v) is 12.4. The molecule has 3 heterocycles. The smallest absolute Gasteiger partial charge is 0.148 e. The minimum Gasteiger partial charge on any atom is -0.390 e. The molecule has 0 aromatic heterocycles. The van der Waals surface area contributed by atoms with Crippen LogP contribution in [0.1, 0.15) is 92.4 Å². The molecule has 0 aromatic rings. The molecule has 12 unspecified atom stereocenters. The van der Waals surface area contributed by atoms with Crippen LogP contribution in [0.3, 0.4) is 0 Å². The number of hydrogen-bond acceptors (Lipinski definition) is 7. The third-order valence-corrected chi connectivity index (χ3v) is 14.8. The van der Waals surface area contributed by atoms with Gasteiger partial charge in [0.05, 0.1) is 56.9 Å². The molecule has 4 aliphatic carbocycles. The molecule has 42 heavy (non-hydrogen) atoms. The van der Waals surface area contributed by atoms with Gasteiger partial charge in [-0.05, 0) is 91.3 Å². The average Bonchev–Trinajstić information content (AvgIpc) is 3.10. The van der Waals surface area contributed by atoms with Gasteiger partial charge in [0.1, 0.15) is 12.4 Å². The maximum Gasteiger partial charge on any atom is 0.148 e. The summed E-state index contributed by atoms with van der Waals surface area (Å²) in [5, 5.41) is 12.1. The van der Waals surface area contributed by atoms with E-state index in [1.807, 2.05) is 0 Å². The maximum absolute atomic E-state index is 12.1. The number of hydrogen-bond donors (Lipinski definition) is 1. The quantitative estimate of drug-likeness (QED) is 0.460. The van der Waals surface area contributed by atoms with E-state index in [1.54, 1.807) is 0 Å². The van der Waals surface area contributed by atoms with E-state index in [2.05, 4.69) is 39.5 Å². The zero-order valence-electron chi connectivity index (χ0n) is 26.9. The highest BCUT2D eigenvalue weighted by Crippen LogP contribution is 2.73.